The van der Waals surface area contributed by atoms with E-state index in [0.717, 1.165) is 32.1 Å². The Morgan fingerprint density at radius 1 is 1.47 bits per heavy atom. The smallest absolute Gasteiger partial charge is 0.325 e. The van der Waals surface area contributed by atoms with Crippen molar-refractivity contribution in [1.29, 1.82) is 0 Å². The predicted molar refractivity (Wildman–Crippen MR) is 71.7 cm³/mol. The average Bonchev–Trinajstić information content (AvgIpc) is 2.58. The number of nitrogens with one attached hydrogen (secondary N) is 1. The Kier molecular flexibility index (Phi) is 4.45. The third-order valence-electron chi connectivity index (χ3n) is 4.25. The minimum Gasteiger partial charge on any atom is -0.382 e. The molecule has 2 unspecified atom stereocenters. The van der Waals surface area contributed by atoms with Crippen LogP contribution in [0.4, 0.5) is 4.79 Å². The second kappa shape index (κ2) is 5.90. The summed E-state index contributed by atoms with van der Waals surface area (Å²) in [7, 11) is 0. The van der Waals surface area contributed by atoms with Crippen LogP contribution in [-0.2, 0) is 9.53 Å². The van der Waals surface area contributed by atoms with Crippen LogP contribution in [0.3, 0.4) is 0 Å². The molecule has 108 valence electrons. The molecule has 2 atom stereocenters. The van der Waals surface area contributed by atoms with Gasteiger partial charge in [0.05, 0.1) is 0 Å². The van der Waals surface area contributed by atoms with E-state index >= 15 is 0 Å². The molecule has 1 aliphatic heterocycles. The lowest BCUT2D eigenvalue weighted by molar-refractivity contribution is -0.129. The van der Waals surface area contributed by atoms with Gasteiger partial charge in [-0.2, -0.15) is 0 Å². The summed E-state index contributed by atoms with van der Waals surface area (Å²) in [4.78, 5) is 25.9. The molecule has 3 amide bonds. The van der Waals surface area contributed by atoms with Crippen molar-refractivity contribution in [1.82, 2.24) is 10.2 Å². The molecule has 1 aliphatic carbocycles. The second-order valence-electron chi connectivity index (χ2n) is 5.69. The summed E-state index contributed by atoms with van der Waals surface area (Å²) in [5.41, 5.74) is -0.582. The van der Waals surface area contributed by atoms with Gasteiger partial charge in [-0.15, -0.1) is 0 Å². The molecule has 19 heavy (non-hydrogen) atoms. The number of hydrogen-bond donors (Lipinski definition) is 1. The maximum Gasteiger partial charge on any atom is 0.325 e. The Morgan fingerprint density at radius 2 is 2.26 bits per heavy atom. The fourth-order valence-corrected chi connectivity index (χ4v) is 3.36. The normalized spacial score (nSPS) is 31.1. The van der Waals surface area contributed by atoms with E-state index in [1.807, 2.05) is 6.92 Å². The summed E-state index contributed by atoms with van der Waals surface area (Å²) in [6.45, 7) is 6.05. The summed E-state index contributed by atoms with van der Waals surface area (Å²) >= 11 is 0. The molecule has 2 rings (SSSR count). The number of carbonyl (C=O) groups excluding carboxylic acids is 2. The summed E-state index contributed by atoms with van der Waals surface area (Å²) in [5.74, 6) is 0.403. The molecule has 5 nitrogen and oxygen atoms in total. The lowest BCUT2D eigenvalue weighted by Gasteiger charge is -2.40. The van der Waals surface area contributed by atoms with Crippen molar-refractivity contribution >= 4 is 11.9 Å². The number of carbonyl (C=O) groups is 2. The van der Waals surface area contributed by atoms with Crippen LogP contribution in [0.2, 0.25) is 0 Å². The molecule has 0 radical (unpaired) electrons. The van der Waals surface area contributed by atoms with Gasteiger partial charge in [-0.25, -0.2) is 4.79 Å². The van der Waals surface area contributed by atoms with Gasteiger partial charge in [-0.1, -0.05) is 19.8 Å². The number of rotatable bonds is 5. The first kappa shape index (κ1) is 14.3. The van der Waals surface area contributed by atoms with Gasteiger partial charge in [0.2, 0.25) is 0 Å². The van der Waals surface area contributed by atoms with Crippen LogP contribution in [0, 0.1) is 5.92 Å². The van der Waals surface area contributed by atoms with E-state index in [9.17, 15) is 9.59 Å². The highest BCUT2D eigenvalue weighted by atomic mass is 16.5. The van der Waals surface area contributed by atoms with Crippen LogP contribution < -0.4 is 5.32 Å². The maximum absolute atomic E-state index is 12.2. The van der Waals surface area contributed by atoms with Crippen LogP contribution in [0.5, 0.6) is 0 Å². The monoisotopic (exact) mass is 268 g/mol. The molecule has 2 fully saturated rings. The van der Waals surface area contributed by atoms with E-state index in [-0.39, 0.29) is 11.9 Å². The quantitative estimate of drug-likeness (QED) is 0.612. The molecule has 1 heterocycles. The Morgan fingerprint density at radius 3 is 2.95 bits per heavy atom. The molecule has 2 aliphatic rings. The number of amides is 3. The van der Waals surface area contributed by atoms with Gasteiger partial charge in [-0.3, -0.25) is 10.1 Å². The molecule has 0 aromatic carbocycles. The van der Waals surface area contributed by atoms with Crippen molar-refractivity contribution in [3.8, 4) is 0 Å². The number of ether oxygens (including phenoxy) is 1. The van der Waals surface area contributed by atoms with Crippen molar-refractivity contribution in [3.63, 3.8) is 0 Å². The van der Waals surface area contributed by atoms with Gasteiger partial charge in [0.25, 0.3) is 5.91 Å². The van der Waals surface area contributed by atoms with Crippen molar-refractivity contribution in [2.75, 3.05) is 19.8 Å². The zero-order chi connectivity index (χ0) is 13.9. The minimum atomic E-state index is -0.582. The third kappa shape index (κ3) is 2.76. The number of urea groups is 1. The summed E-state index contributed by atoms with van der Waals surface area (Å²) in [6, 6.07) is -0.226. The topological polar surface area (TPSA) is 58.6 Å². The summed E-state index contributed by atoms with van der Waals surface area (Å²) < 4.78 is 5.31. The predicted octanol–water partition coefficient (Wildman–Crippen LogP) is 1.91. The Balaban J connectivity index is 2.05. The van der Waals surface area contributed by atoms with Crippen LogP contribution in [0.15, 0.2) is 0 Å². The van der Waals surface area contributed by atoms with E-state index in [0.29, 0.717) is 25.7 Å². The zero-order valence-electron chi connectivity index (χ0n) is 11.9. The average molecular weight is 268 g/mol. The Labute approximate surface area is 114 Å². The molecular formula is C14H24N2O3. The molecule has 0 aromatic rings. The third-order valence-corrected chi connectivity index (χ3v) is 4.25. The van der Waals surface area contributed by atoms with Crippen molar-refractivity contribution in [2.24, 2.45) is 5.92 Å². The standard InChI is InChI=1S/C14H24N2O3/c1-3-19-9-5-8-16-13(18)15-12(17)14(16)7-4-6-11(2)10-14/h11H,3-10H2,1-2H3,(H,15,17,18). The minimum absolute atomic E-state index is 0.0968. The fraction of sp³-hybridized carbons (Fsp3) is 0.857. The van der Waals surface area contributed by atoms with Gasteiger partial charge in [0, 0.05) is 19.8 Å². The van der Waals surface area contributed by atoms with E-state index < -0.39 is 5.54 Å². The van der Waals surface area contributed by atoms with Crippen LogP contribution in [0.25, 0.3) is 0 Å². The maximum atomic E-state index is 12.2. The van der Waals surface area contributed by atoms with Gasteiger partial charge in [0.15, 0.2) is 0 Å². The van der Waals surface area contributed by atoms with Crippen LogP contribution in [-0.4, -0.2) is 42.1 Å². The highest BCUT2D eigenvalue weighted by Crippen LogP contribution is 2.39. The number of imide groups is 1. The van der Waals surface area contributed by atoms with E-state index in [1.165, 1.54) is 0 Å². The largest absolute Gasteiger partial charge is 0.382 e. The number of nitrogens with zero attached hydrogens (tertiary/aromatic N) is 1. The SMILES string of the molecule is CCOCCCN1C(=O)NC(=O)C12CCCC(C)C2. The van der Waals surface area contributed by atoms with E-state index in [4.69, 9.17) is 4.74 Å². The van der Waals surface area contributed by atoms with Crippen molar-refractivity contribution < 1.29 is 14.3 Å². The van der Waals surface area contributed by atoms with Crippen LogP contribution >= 0.6 is 0 Å². The first-order chi connectivity index (χ1) is 9.10. The van der Waals surface area contributed by atoms with E-state index in [1.54, 1.807) is 4.90 Å². The molecule has 1 N–H and O–H groups in total. The molecule has 1 saturated heterocycles. The molecule has 1 spiro atoms. The Hall–Kier alpha value is -1.10. The highest BCUT2D eigenvalue weighted by Gasteiger charge is 2.53. The van der Waals surface area contributed by atoms with Crippen molar-refractivity contribution in [2.45, 2.75) is 51.5 Å². The van der Waals surface area contributed by atoms with Gasteiger partial charge < -0.3 is 9.64 Å². The Bertz CT molecular complexity index is 359. The first-order valence-corrected chi connectivity index (χ1v) is 7.31. The molecule has 0 aromatic heterocycles. The lowest BCUT2D eigenvalue weighted by Crippen LogP contribution is -2.52. The summed E-state index contributed by atoms with van der Waals surface area (Å²) in [6.07, 6.45) is 4.53. The zero-order valence-corrected chi connectivity index (χ0v) is 11.9. The van der Waals surface area contributed by atoms with Gasteiger partial charge in [-0.05, 0) is 32.1 Å². The van der Waals surface area contributed by atoms with Gasteiger partial charge >= 0.3 is 6.03 Å². The summed E-state index contributed by atoms with van der Waals surface area (Å²) in [5, 5.41) is 2.50. The van der Waals surface area contributed by atoms with Crippen LogP contribution in [0.1, 0.15) is 46.0 Å². The fourth-order valence-electron chi connectivity index (χ4n) is 3.36. The molecule has 5 heteroatoms. The molecule has 1 saturated carbocycles. The first-order valence-electron chi connectivity index (χ1n) is 7.31. The highest BCUT2D eigenvalue weighted by molar-refractivity contribution is 6.07. The van der Waals surface area contributed by atoms with Crippen molar-refractivity contribution in [3.05, 3.63) is 0 Å². The molecular weight excluding hydrogens is 244 g/mol. The second-order valence-corrected chi connectivity index (χ2v) is 5.69. The number of hydrogen-bond acceptors (Lipinski definition) is 3. The lowest BCUT2D eigenvalue weighted by atomic mass is 9.75. The van der Waals surface area contributed by atoms with Gasteiger partial charge in [0.1, 0.15) is 5.54 Å². The molecule has 0 bridgehead atoms. The van der Waals surface area contributed by atoms with E-state index in [2.05, 4.69) is 12.2 Å².